The second-order valence-electron chi connectivity index (χ2n) is 6.69. The molecule has 0 radical (unpaired) electrons. The van der Waals surface area contributed by atoms with Gasteiger partial charge in [0.25, 0.3) is 5.91 Å². The van der Waals surface area contributed by atoms with Gasteiger partial charge in [-0.15, -0.1) is 0 Å². The quantitative estimate of drug-likeness (QED) is 0.885. The van der Waals surface area contributed by atoms with Crippen molar-refractivity contribution in [1.82, 2.24) is 15.1 Å². The molecule has 0 aromatic carbocycles. The highest BCUT2D eigenvalue weighted by atomic mass is 16.3. The first-order valence-corrected chi connectivity index (χ1v) is 7.36. The summed E-state index contributed by atoms with van der Waals surface area (Å²) in [6.07, 6.45) is 2.66. The van der Waals surface area contributed by atoms with Crippen molar-refractivity contribution in [3.05, 3.63) is 17.5 Å². The molecule has 2 N–H and O–H groups in total. The summed E-state index contributed by atoms with van der Waals surface area (Å²) >= 11 is 0. The smallest absolute Gasteiger partial charge is 0.274 e. The number of aromatic nitrogens is 2. The van der Waals surface area contributed by atoms with Crippen molar-refractivity contribution in [1.29, 1.82) is 0 Å². The lowest BCUT2D eigenvalue weighted by molar-refractivity contribution is 0.000117. The molecular formula is C15H25N3O2. The molecule has 1 atom stereocenters. The van der Waals surface area contributed by atoms with Crippen LogP contribution in [0.25, 0.3) is 0 Å². The van der Waals surface area contributed by atoms with Crippen molar-refractivity contribution < 1.29 is 9.90 Å². The molecule has 112 valence electrons. The molecule has 1 aromatic heterocycles. The molecule has 1 unspecified atom stereocenters. The van der Waals surface area contributed by atoms with Crippen molar-refractivity contribution >= 4 is 5.91 Å². The highest BCUT2D eigenvalue weighted by Crippen LogP contribution is 2.28. The van der Waals surface area contributed by atoms with E-state index in [0.717, 1.165) is 25.0 Å². The Labute approximate surface area is 120 Å². The highest BCUT2D eigenvalue weighted by molar-refractivity contribution is 5.92. The lowest BCUT2D eigenvalue weighted by Gasteiger charge is -2.33. The van der Waals surface area contributed by atoms with Crippen LogP contribution in [0.5, 0.6) is 0 Å². The second-order valence-corrected chi connectivity index (χ2v) is 6.69. The maximum Gasteiger partial charge on any atom is 0.274 e. The average molecular weight is 279 g/mol. The predicted octanol–water partition coefficient (Wildman–Crippen LogP) is 1.98. The average Bonchev–Trinajstić information content (AvgIpc) is 2.93. The van der Waals surface area contributed by atoms with Crippen LogP contribution in [0.15, 0.2) is 6.07 Å². The van der Waals surface area contributed by atoms with Crippen molar-refractivity contribution in [3.8, 4) is 0 Å². The van der Waals surface area contributed by atoms with Gasteiger partial charge in [0, 0.05) is 12.2 Å². The number of hydrogen-bond acceptors (Lipinski definition) is 3. The summed E-state index contributed by atoms with van der Waals surface area (Å²) in [4.78, 5) is 14.3. The minimum absolute atomic E-state index is 0.0825. The van der Waals surface area contributed by atoms with Crippen molar-refractivity contribution in [3.63, 3.8) is 0 Å². The molecule has 0 bridgehead atoms. The van der Waals surface area contributed by atoms with Crippen LogP contribution in [0, 0.1) is 5.92 Å². The van der Waals surface area contributed by atoms with E-state index in [9.17, 15) is 9.90 Å². The monoisotopic (exact) mass is 279 g/mol. The summed E-state index contributed by atoms with van der Waals surface area (Å²) in [6, 6.07) is 1.71. The molecule has 5 heteroatoms. The standard InChI is InChI=1S/C15H25N3O2/c1-10(2)8-11-9-12(17-16-11)14(19)18-7-5-6-13(18)15(3,4)20/h9-10,13,20H,5-8H2,1-4H3,(H,16,17). The number of carbonyl (C=O) groups is 1. The maximum absolute atomic E-state index is 12.5. The van der Waals surface area contributed by atoms with E-state index in [4.69, 9.17) is 0 Å². The fraction of sp³-hybridized carbons (Fsp3) is 0.733. The fourth-order valence-electron chi connectivity index (χ4n) is 2.91. The summed E-state index contributed by atoms with van der Waals surface area (Å²) in [5, 5.41) is 17.3. The van der Waals surface area contributed by atoms with Gasteiger partial charge < -0.3 is 10.0 Å². The number of carbonyl (C=O) groups excluding carboxylic acids is 1. The van der Waals surface area contributed by atoms with Crippen molar-refractivity contribution in [2.24, 2.45) is 5.92 Å². The number of hydrogen-bond donors (Lipinski definition) is 2. The zero-order valence-corrected chi connectivity index (χ0v) is 12.8. The van der Waals surface area contributed by atoms with Gasteiger partial charge in [0.15, 0.2) is 0 Å². The van der Waals surface area contributed by atoms with Gasteiger partial charge in [-0.3, -0.25) is 9.89 Å². The second kappa shape index (κ2) is 5.56. The third-order valence-corrected chi connectivity index (χ3v) is 3.81. The first-order chi connectivity index (χ1) is 9.29. The molecule has 2 rings (SSSR count). The van der Waals surface area contributed by atoms with Crippen molar-refractivity contribution in [2.75, 3.05) is 6.54 Å². The molecule has 5 nitrogen and oxygen atoms in total. The number of aromatic amines is 1. The first kappa shape index (κ1) is 15.0. The molecule has 0 aliphatic carbocycles. The summed E-state index contributed by atoms with van der Waals surface area (Å²) < 4.78 is 0. The Morgan fingerprint density at radius 3 is 2.90 bits per heavy atom. The maximum atomic E-state index is 12.5. The van der Waals surface area contributed by atoms with E-state index in [1.165, 1.54) is 0 Å². The molecule has 20 heavy (non-hydrogen) atoms. The Morgan fingerprint density at radius 1 is 1.60 bits per heavy atom. The van der Waals surface area contributed by atoms with Crippen LogP contribution in [0.2, 0.25) is 0 Å². The molecular weight excluding hydrogens is 254 g/mol. The van der Waals surface area contributed by atoms with Gasteiger partial charge in [-0.1, -0.05) is 13.8 Å². The molecule has 1 aliphatic rings. The van der Waals surface area contributed by atoms with Gasteiger partial charge in [-0.05, 0) is 45.1 Å². The molecule has 1 aromatic rings. The molecule has 1 fully saturated rings. The first-order valence-electron chi connectivity index (χ1n) is 7.36. The van der Waals surface area contributed by atoms with Crippen LogP contribution in [-0.4, -0.2) is 44.3 Å². The van der Waals surface area contributed by atoms with E-state index in [1.807, 2.05) is 6.07 Å². The molecule has 2 heterocycles. The molecule has 0 spiro atoms. The van der Waals surface area contributed by atoms with Crippen LogP contribution in [0.3, 0.4) is 0 Å². The van der Waals surface area contributed by atoms with E-state index in [1.54, 1.807) is 18.7 Å². The molecule has 0 saturated carbocycles. The summed E-state index contributed by atoms with van der Waals surface area (Å²) in [6.45, 7) is 8.48. The number of H-pyrrole nitrogens is 1. The minimum atomic E-state index is -0.872. The Kier molecular flexibility index (Phi) is 4.18. The summed E-state index contributed by atoms with van der Waals surface area (Å²) in [5.74, 6) is 0.440. The fourth-order valence-corrected chi connectivity index (χ4v) is 2.91. The van der Waals surface area contributed by atoms with Gasteiger partial charge >= 0.3 is 0 Å². The summed E-state index contributed by atoms with van der Waals surface area (Å²) in [5.41, 5.74) is 0.572. The predicted molar refractivity (Wildman–Crippen MR) is 77.5 cm³/mol. The number of nitrogens with one attached hydrogen (secondary N) is 1. The van der Waals surface area contributed by atoms with Crippen LogP contribution in [0.4, 0.5) is 0 Å². The van der Waals surface area contributed by atoms with E-state index in [-0.39, 0.29) is 11.9 Å². The zero-order valence-electron chi connectivity index (χ0n) is 12.8. The van der Waals surface area contributed by atoms with Crippen LogP contribution in [-0.2, 0) is 6.42 Å². The number of nitrogens with zero attached hydrogens (tertiary/aromatic N) is 2. The Balaban J connectivity index is 2.12. The Bertz CT molecular complexity index is 474. The lowest BCUT2D eigenvalue weighted by atomic mass is 9.96. The Morgan fingerprint density at radius 2 is 2.30 bits per heavy atom. The van der Waals surface area contributed by atoms with Gasteiger partial charge in [0.1, 0.15) is 5.69 Å². The lowest BCUT2D eigenvalue weighted by Crippen LogP contribution is -2.48. The summed E-state index contributed by atoms with van der Waals surface area (Å²) in [7, 11) is 0. The SMILES string of the molecule is CC(C)Cc1cc(C(=O)N2CCCC2C(C)(C)O)n[nH]1. The topological polar surface area (TPSA) is 69.2 Å². The van der Waals surface area contributed by atoms with E-state index >= 15 is 0 Å². The Hall–Kier alpha value is -1.36. The minimum Gasteiger partial charge on any atom is -0.388 e. The van der Waals surface area contributed by atoms with Crippen LogP contribution in [0.1, 0.15) is 56.7 Å². The van der Waals surface area contributed by atoms with Crippen LogP contribution >= 0.6 is 0 Å². The number of amides is 1. The molecule has 1 amide bonds. The van der Waals surface area contributed by atoms with Gasteiger partial charge in [0.05, 0.1) is 11.6 Å². The normalized spacial score (nSPS) is 19.9. The van der Waals surface area contributed by atoms with E-state index in [0.29, 0.717) is 18.2 Å². The third kappa shape index (κ3) is 3.20. The molecule has 1 saturated heterocycles. The van der Waals surface area contributed by atoms with Gasteiger partial charge in [-0.2, -0.15) is 5.10 Å². The highest BCUT2D eigenvalue weighted by Gasteiger charge is 2.39. The van der Waals surface area contributed by atoms with Gasteiger partial charge in [0.2, 0.25) is 0 Å². The van der Waals surface area contributed by atoms with Gasteiger partial charge in [-0.25, -0.2) is 0 Å². The number of likely N-dealkylation sites (tertiary alicyclic amines) is 1. The van der Waals surface area contributed by atoms with E-state index < -0.39 is 5.60 Å². The van der Waals surface area contributed by atoms with Crippen molar-refractivity contribution in [2.45, 2.75) is 58.6 Å². The largest absolute Gasteiger partial charge is 0.388 e. The number of aliphatic hydroxyl groups is 1. The van der Waals surface area contributed by atoms with E-state index in [2.05, 4.69) is 24.0 Å². The molecule has 1 aliphatic heterocycles. The third-order valence-electron chi connectivity index (χ3n) is 3.81. The number of rotatable bonds is 4. The zero-order chi connectivity index (χ0) is 14.9. The van der Waals surface area contributed by atoms with Crippen LogP contribution < -0.4 is 0 Å².